The lowest BCUT2D eigenvalue weighted by atomic mass is 9.85. The van der Waals surface area contributed by atoms with Gasteiger partial charge in [0.2, 0.25) is 0 Å². The van der Waals surface area contributed by atoms with Crippen molar-refractivity contribution in [2.75, 3.05) is 18.5 Å². The molecule has 0 saturated heterocycles. The first-order valence-corrected chi connectivity index (χ1v) is 6.19. The Kier molecular flexibility index (Phi) is 3.65. The maximum atomic E-state index is 9.18. The number of hydrogen-bond acceptors (Lipinski definition) is 3. The van der Waals surface area contributed by atoms with Crippen LogP contribution in [-0.4, -0.2) is 13.6 Å². The molecule has 0 atom stereocenters. The average molecular weight is 229 g/mol. The smallest absolute Gasteiger partial charge is 0.101 e. The first-order valence-electron chi connectivity index (χ1n) is 6.19. The van der Waals surface area contributed by atoms with Gasteiger partial charge in [0.15, 0.2) is 0 Å². The van der Waals surface area contributed by atoms with Crippen LogP contribution in [0.3, 0.4) is 0 Å². The number of hydrogen-bond donors (Lipinski definition) is 1. The minimum Gasteiger partial charge on any atom is -0.373 e. The van der Waals surface area contributed by atoms with Crippen molar-refractivity contribution < 1.29 is 0 Å². The summed E-state index contributed by atoms with van der Waals surface area (Å²) in [6.45, 7) is 1.54. The summed E-state index contributed by atoms with van der Waals surface area (Å²) in [5, 5.41) is 9.18. The van der Waals surface area contributed by atoms with Crippen molar-refractivity contribution in [3.05, 3.63) is 29.3 Å². The number of nitrogens with zero attached hydrogens (tertiary/aromatic N) is 2. The molecule has 1 saturated carbocycles. The van der Waals surface area contributed by atoms with Gasteiger partial charge in [-0.3, -0.25) is 0 Å². The van der Waals surface area contributed by atoms with Crippen molar-refractivity contribution in [3.8, 4) is 6.07 Å². The van der Waals surface area contributed by atoms with Gasteiger partial charge < -0.3 is 10.6 Å². The van der Waals surface area contributed by atoms with Crippen molar-refractivity contribution in [2.24, 2.45) is 11.7 Å². The first kappa shape index (κ1) is 11.9. The lowest BCUT2D eigenvalue weighted by molar-refractivity contribution is 0.321. The van der Waals surface area contributed by atoms with E-state index in [-0.39, 0.29) is 0 Å². The topological polar surface area (TPSA) is 53.0 Å². The molecule has 90 valence electrons. The van der Waals surface area contributed by atoms with Gasteiger partial charge in [0.25, 0.3) is 0 Å². The predicted molar refractivity (Wildman–Crippen MR) is 69.7 cm³/mol. The highest BCUT2D eigenvalue weighted by atomic mass is 15.1. The Balaban J connectivity index is 2.15. The highest BCUT2D eigenvalue weighted by Crippen LogP contribution is 2.29. The van der Waals surface area contributed by atoms with E-state index < -0.39 is 0 Å². The molecule has 1 aliphatic carbocycles. The number of rotatable bonds is 4. The summed E-state index contributed by atoms with van der Waals surface area (Å²) in [5.74, 6) is 0.806. The molecule has 0 aromatic heterocycles. The number of benzene rings is 1. The molecule has 3 nitrogen and oxygen atoms in total. The second-order valence-corrected chi connectivity index (χ2v) is 4.84. The normalized spacial score (nSPS) is 15.1. The van der Waals surface area contributed by atoms with Gasteiger partial charge in [-0.25, -0.2) is 0 Å². The molecular weight excluding hydrogens is 210 g/mol. The SMILES string of the molecule is CN(CC1CCC1)c1ccc(CN)cc1C#N. The van der Waals surface area contributed by atoms with Gasteiger partial charge >= 0.3 is 0 Å². The maximum Gasteiger partial charge on any atom is 0.101 e. The molecular formula is C14H19N3. The van der Waals surface area contributed by atoms with Crippen molar-refractivity contribution >= 4 is 5.69 Å². The molecule has 0 aliphatic heterocycles. The van der Waals surface area contributed by atoms with Crippen molar-refractivity contribution in [2.45, 2.75) is 25.8 Å². The fourth-order valence-electron chi connectivity index (χ4n) is 2.29. The van der Waals surface area contributed by atoms with Crippen LogP contribution in [0.5, 0.6) is 0 Å². The van der Waals surface area contributed by atoms with E-state index in [0.717, 1.165) is 29.3 Å². The monoisotopic (exact) mass is 229 g/mol. The van der Waals surface area contributed by atoms with E-state index in [9.17, 15) is 5.26 Å². The van der Waals surface area contributed by atoms with E-state index in [0.29, 0.717) is 6.54 Å². The summed E-state index contributed by atoms with van der Waals surface area (Å²) in [4.78, 5) is 2.20. The van der Waals surface area contributed by atoms with Crippen LogP contribution in [0, 0.1) is 17.2 Å². The third-order valence-electron chi connectivity index (χ3n) is 3.59. The van der Waals surface area contributed by atoms with Crippen LogP contribution in [0.4, 0.5) is 5.69 Å². The summed E-state index contributed by atoms with van der Waals surface area (Å²) in [6.07, 6.45) is 4.01. The average Bonchev–Trinajstić information content (AvgIpc) is 2.32. The van der Waals surface area contributed by atoms with Crippen molar-refractivity contribution in [3.63, 3.8) is 0 Å². The van der Waals surface area contributed by atoms with Gasteiger partial charge in [0.1, 0.15) is 6.07 Å². The van der Waals surface area contributed by atoms with Crippen LogP contribution < -0.4 is 10.6 Å². The maximum absolute atomic E-state index is 9.18. The molecule has 0 spiro atoms. The zero-order chi connectivity index (χ0) is 12.3. The number of nitriles is 1. The standard InChI is InChI=1S/C14H19N3/c1-17(10-11-3-2-4-11)14-6-5-12(8-15)7-13(14)9-16/h5-7,11H,2-4,8,10,15H2,1H3. The Morgan fingerprint density at radius 3 is 2.76 bits per heavy atom. The van der Waals surface area contributed by atoms with Crippen LogP contribution in [0.2, 0.25) is 0 Å². The Morgan fingerprint density at radius 2 is 2.24 bits per heavy atom. The van der Waals surface area contributed by atoms with Gasteiger partial charge in [0, 0.05) is 20.1 Å². The van der Waals surface area contributed by atoms with Crippen LogP contribution in [0.15, 0.2) is 18.2 Å². The Bertz CT molecular complexity index is 430. The Labute approximate surface area is 103 Å². The van der Waals surface area contributed by atoms with Crippen molar-refractivity contribution in [1.82, 2.24) is 0 Å². The lowest BCUT2D eigenvalue weighted by Crippen LogP contribution is -2.29. The molecule has 2 N–H and O–H groups in total. The fraction of sp³-hybridized carbons (Fsp3) is 0.500. The molecule has 3 heteroatoms. The van der Waals surface area contributed by atoms with Gasteiger partial charge in [-0.15, -0.1) is 0 Å². The molecule has 1 aromatic rings. The number of anilines is 1. The minimum absolute atomic E-state index is 0.487. The van der Waals surface area contributed by atoms with Crippen molar-refractivity contribution in [1.29, 1.82) is 5.26 Å². The summed E-state index contributed by atoms with van der Waals surface area (Å²) < 4.78 is 0. The third kappa shape index (κ3) is 2.59. The number of nitrogens with two attached hydrogens (primary N) is 1. The minimum atomic E-state index is 0.487. The van der Waals surface area contributed by atoms with E-state index in [4.69, 9.17) is 5.73 Å². The molecule has 0 heterocycles. The summed E-state index contributed by atoms with van der Waals surface area (Å²) in [7, 11) is 2.07. The van der Waals surface area contributed by atoms with Gasteiger partial charge in [0.05, 0.1) is 11.3 Å². The van der Waals surface area contributed by atoms with Gasteiger partial charge in [-0.05, 0) is 36.5 Å². The van der Waals surface area contributed by atoms with Gasteiger partial charge in [-0.2, -0.15) is 5.26 Å². The lowest BCUT2D eigenvalue weighted by Gasteiger charge is -2.31. The van der Waals surface area contributed by atoms with Crippen LogP contribution >= 0.6 is 0 Å². The zero-order valence-corrected chi connectivity index (χ0v) is 10.3. The Hall–Kier alpha value is -1.53. The molecule has 0 unspecified atom stereocenters. The molecule has 1 fully saturated rings. The second kappa shape index (κ2) is 5.20. The highest BCUT2D eigenvalue weighted by Gasteiger charge is 2.20. The molecule has 0 bridgehead atoms. The van der Waals surface area contributed by atoms with Gasteiger partial charge in [-0.1, -0.05) is 12.5 Å². The molecule has 1 aromatic carbocycles. The second-order valence-electron chi connectivity index (χ2n) is 4.84. The molecule has 17 heavy (non-hydrogen) atoms. The van der Waals surface area contributed by atoms with E-state index in [2.05, 4.69) is 18.0 Å². The summed E-state index contributed by atoms with van der Waals surface area (Å²) in [6, 6.07) is 8.18. The summed E-state index contributed by atoms with van der Waals surface area (Å²) in [5.41, 5.74) is 8.36. The predicted octanol–water partition coefficient (Wildman–Crippen LogP) is 2.25. The Morgan fingerprint density at radius 1 is 1.47 bits per heavy atom. The first-order chi connectivity index (χ1) is 8.24. The third-order valence-corrected chi connectivity index (χ3v) is 3.59. The quantitative estimate of drug-likeness (QED) is 0.861. The van der Waals surface area contributed by atoms with Crippen LogP contribution in [0.1, 0.15) is 30.4 Å². The zero-order valence-electron chi connectivity index (χ0n) is 10.3. The highest BCUT2D eigenvalue weighted by molar-refractivity contribution is 5.60. The van der Waals surface area contributed by atoms with E-state index >= 15 is 0 Å². The van der Waals surface area contributed by atoms with E-state index in [1.54, 1.807) is 0 Å². The fourth-order valence-corrected chi connectivity index (χ4v) is 2.29. The van der Waals surface area contributed by atoms with Crippen LogP contribution in [-0.2, 0) is 6.54 Å². The summed E-state index contributed by atoms with van der Waals surface area (Å²) >= 11 is 0. The van der Waals surface area contributed by atoms with E-state index in [1.807, 2.05) is 18.2 Å². The molecule has 1 aliphatic rings. The molecule has 2 rings (SSSR count). The largest absolute Gasteiger partial charge is 0.373 e. The molecule has 0 amide bonds. The van der Waals surface area contributed by atoms with Crippen LogP contribution in [0.25, 0.3) is 0 Å². The van der Waals surface area contributed by atoms with E-state index in [1.165, 1.54) is 19.3 Å². The molecule has 0 radical (unpaired) electrons.